The molecule has 0 aromatic heterocycles. The van der Waals surface area contributed by atoms with E-state index in [0.29, 0.717) is 0 Å². The summed E-state index contributed by atoms with van der Waals surface area (Å²) in [7, 11) is 0. The van der Waals surface area contributed by atoms with Gasteiger partial charge in [-0.25, -0.2) is 0 Å². The molecule has 82 valence electrons. The van der Waals surface area contributed by atoms with Gasteiger partial charge in [0.1, 0.15) is 0 Å². The van der Waals surface area contributed by atoms with Crippen molar-refractivity contribution in [3.8, 4) is 0 Å². The number of aryl methyl sites for hydroxylation is 1. The SMILES string of the molecule is C=C(C)C(NCC)c1ccc(C)c(Cl)c1. The Balaban J connectivity index is 3.01. The van der Waals surface area contributed by atoms with Crippen molar-refractivity contribution in [1.29, 1.82) is 0 Å². The van der Waals surface area contributed by atoms with Crippen LogP contribution in [0.15, 0.2) is 30.4 Å². The maximum atomic E-state index is 6.11. The highest BCUT2D eigenvalue weighted by Crippen LogP contribution is 2.24. The van der Waals surface area contributed by atoms with Gasteiger partial charge < -0.3 is 5.32 Å². The molecular weight excluding hydrogens is 206 g/mol. The van der Waals surface area contributed by atoms with E-state index in [2.05, 4.69) is 24.9 Å². The van der Waals surface area contributed by atoms with E-state index in [4.69, 9.17) is 11.6 Å². The van der Waals surface area contributed by atoms with Crippen LogP contribution in [-0.2, 0) is 0 Å². The summed E-state index contributed by atoms with van der Waals surface area (Å²) in [6.07, 6.45) is 0. The normalized spacial score (nSPS) is 12.5. The van der Waals surface area contributed by atoms with Gasteiger partial charge in [-0.2, -0.15) is 0 Å². The fourth-order valence-electron chi connectivity index (χ4n) is 1.57. The number of likely N-dealkylation sites (N-methyl/N-ethyl adjacent to an activating group) is 1. The average Bonchev–Trinajstić information content (AvgIpc) is 2.18. The Morgan fingerprint density at radius 3 is 2.67 bits per heavy atom. The topological polar surface area (TPSA) is 12.0 Å². The number of halogens is 1. The number of benzene rings is 1. The molecule has 1 aromatic carbocycles. The molecule has 0 saturated heterocycles. The summed E-state index contributed by atoms with van der Waals surface area (Å²) in [5, 5.41) is 4.20. The first-order valence-corrected chi connectivity index (χ1v) is 5.59. The molecule has 0 aliphatic carbocycles. The van der Waals surface area contributed by atoms with Gasteiger partial charge in [-0.15, -0.1) is 0 Å². The zero-order valence-electron chi connectivity index (χ0n) is 9.60. The Labute approximate surface area is 97.1 Å². The molecule has 0 radical (unpaired) electrons. The molecule has 1 rings (SSSR count). The lowest BCUT2D eigenvalue weighted by atomic mass is 10.00. The van der Waals surface area contributed by atoms with Crippen molar-refractivity contribution >= 4 is 11.6 Å². The van der Waals surface area contributed by atoms with E-state index in [1.54, 1.807) is 0 Å². The maximum Gasteiger partial charge on any atom is 0.0531 e. The third-order valence-corrected chi connectivity index (χ3v) is 2.84. The fourth-order valence-corrected chi connectivity index (χ4v) is 1.76. The highest BCUT2D eigenvalue weighted by molar-refractivity contribution is 6.31. The highest BCUT2D eigenvalue weighted by Gasteiger charge is 2.11. The molecule has 1 atom stereocenters. The second-order valence-electron chi connectivity index (χ2n) is 3.85. The minimum absolute atomic E-state index is 0.202. The monoisotopic (exact) mass is 223 g/mol. The maximum absolute atomic E-state index is 6.11. The van der Waals surface area contributed by atoms with E-state index >= 15 is 0 Å². The van der Waals surface area contributed by atoms with Gasteiger partial charge in [-0.3, -0.25) is 0 Å². The molecule has 2 heteroatoms. The van der Waals surface area contributed by atoms with Crippen molar-refractivity contribution in [2.45, 2.75) is 26.8 Å². The Kier molecular flexibility index (Phi) is 4.37. The van der Waals surface area contributed by atoms with Gasteiger partial charge in [0.25, 0.3) is 0 Å². The summed E-state index contributed by atoms with van der Waals surface area (Å²) in [5.74, 6) is 0. The molecule has 0 bridgehead atoms. The first-order valence-electron chi connectivity index (χ1n) is 5.21. The summed E-state index contributed by atoms with van der Waals surface area (Å²) < 4.78 is 0. The van der Waals surface area contributed by atoms with E-state index in [0.717, 1.165) is 22.7 Å². The number of rotatable bonds is 4. The number of hydrogen-bond donors (Lipinski definition) is 1. The van der Waals surface area contributed by atoms with Crippen LogP contribution in [0.2, 0.25) is 5.02 Å². The van der Waals surface area contributed by atoms with Crippen LogP contribution in [0.4, 0.5) is 0 Å². The van der Waals surface area contributed by atoms with Gasteiger partial charge in [0, 0.05) is 5.02 Å². The summed E-state index contributed by atoms with van der Waals surface area (Å²) in [5.41, 5.74) is 3.40. The predicted molar refractivity (Wildman–Crippen MR) is 67.4 cm³/mol. The fraction of sp³-hybridized carbons (Fsp3) is 0.385. The number of nitrogens with one attached hydrogen (secondary N) is 1. The second-order valence-corrected chi connectivity index (χ2v) is 4.25. The van der Waals surface area contributed by atoms with E-state index in [1.807, 2.05) is 26.0 Å². The lowest BCUT2D eigenvalue weighted by molar-refractivity contribution is 0.621. The van der Waals surface area contributed by atoms with Crippen LogP contribution in [0.1, 0.15) is 31.0 Å². The molecule has 0 saturated carbocycles. The highest BCUT2D eigenvalue weighted by atomic mass is 35.5. The van der Waals surface area contributed by atoms with Crippen molar-refractivity contribution in [3.05, 3.63) is 46.5 Å². The lowest BCUT2D eigenvalue weighted by Gasteiger charge is -2.19. The Bertz CT molecular complexity index is 358. The third kappa shape index (κ3) is 3.08. The van der Waals surface area contributed by atoms with Gasteiger partial charge in [0.05, 0.1) is 6.04 Å². The molecule has 15 heavy (non-hydrogen) atoms. The zero-order valence-corrected chi connectivity index (χ0v) is 10.4. The van der Waals surface area contributed by atoms with Crippen molar-refractivity contribution in [1.82, 2.24) is 5.32 Å². The minimum atomic E-state index is 0.202. The lowest BCUT2D eigenvalue weighted by Crippen LogP contribution is -2.21. The first kappa shape index (κ1) is 12.3. The van der Waals surface area contributed by atoms with Crippen LogP contribution >= 0.6 is 11.6 Å². The summed E-state index contributed by atoms with van der Waals surface area (Å²) >= 11 is 6.11. The van der Waals surface area contributed by atoms with Gasteiger partial charge in [-0.1, -0.05) is 42.8 Å². The first-order chi connectivity index (χ1) is 7.06. The molecule has 0 amide bonds. The van der Waals surface area contributed by atoms with Crippen LogP contribution in [0.25, 0.3) is 0 Å². The van der Waals surface area contributed by atoms with Crippen molar-refractivity contribution < 1.29 is 0 Å². The van der Waals surface area contributed by atoms with E-state index in [9.17, 15) is 0 Å². The average molecular weight is 224 g/mol. The van der Waals surface area contributed by atoms with E-state index < -0.39 is 0 Å². The molecule has 0 spiro atoms. The summed E-state index contributed by atoms with van der Waals surface area (Å²) in [6.45, 7) is 11.0. The van der Waals surface area contributed by atoms with Crippen LogP contribution in [0.5, 0.6) is 0 Å². The quantitative estimate of drug-likeness (QED) is 0.764. The molecular formula is C13H18ClN. The van der Waals surface area contributed by atoms with E-state index in [-0.39, 0.29) is 6.04 Å². The van der Waals surface area contributed by atoms with Crippen molar-refractivity contribution in [2.24, 2.45) is 0 Å². The van der Waals surface area contributed by atoms with Crippen LogP contribution in [0, 0.1) is 6.92 Å². The Morgan fingerprint density at radius 2 is 2.20 bits per heavy atom. The molecule has 1 nitrogen and oxygen atoms in total. The molecule has 1 aromatic rings. The largest absolute Gasteiger partial charge is 0.307 e. The molecule has 0 fully saturated rings. The second kappa shape index (κ2) is 5.34. The van der Waals surface area contributed by atoms with Crippen molar-refractivity contribution in [3.63, 3.8) is 0 Å². The van der Waals surface area contributed by atoms with Gasteiger partial charge in [0.2, 0.25) is 0 Å². The Hall–Kier alpha value is -0.790. The Morgan fingerprint density at radius 1 is 1.53 bits per heavy atom. The smallest absolute Gasteiger partial charge is 0.0531 e. The zero-order chi connectivity index (χ0) is 11.4. The molecule has 1 N–H and O–H groups in total. The minimum Gasteiger partial charge on any atom is -0.307 e. The number of hydrogen-bond acceptors (Lipinski definition) is 1. The predicted octanol–water partition coefficient (Wildman–Crippen LogP) is 3.88. The summed E-state index contributed by atoms with van der Waals surface area (Å²) in [6, 6.07) is 6.36. The van der Waals surface area contributed by atoms with Gasteiger partial charge in [0.15, 0.2) is 0 Å². The van der Waals surface area contributed by atoms with Gasteiger partial charge >= 0.3 is 0 Å². The molecule has 0 aliphatic rings. The summed E-state index contributed by atoms with van der Waals surface area (Å²) in [4.78, 5) is 0. The van der Waals surface area contributed by atoms with Gasteiger partial charge in [-0.05, 0) is 37.6 Å². The standard InChI is InChI=1S/C13H18ClN/c1-5-15-13(9(2)3)11-7-6-10(4)12(14)8-11/h6-8,13,15H,2,5H2,1,3-4H3. The van der Waals surface area contributed by atoms with Crippen LogP contribution in [-0.4, -0.2) is 6.54 Å². The van der Waals surface area contributed by atoms with E-state index in [1.165, 1.54) is 5.56 Å². The molecule has 1 unspecified atom stereocenters. The van der Waals surface area contributed by atoms with Crippen LogP contribution in [0.3, 0.4) is 0 Å². The third-order valence-electron chi connectivity index (χ3n) is 2.43. The van der Waals surface area contributed by atoms with Crippen molar-refractivity contribution in [2.75, 3.05) is 6.54 Å². The molecule has 0 aliphatic heterocycles. The molecule has 0 heterocycles. The van der Waals surface area contributed by atoms with Crippen LogP contribution < -0.4 is 5.32 Å².